The molecule has 0 spiro atoms. The predicted octanol–water partition coefficient (Wildman–Crippen LogP) is 2.89. The number of aliphatic hydroxyl groups is 1. The van der Waals surface area contributed by atoms with Gasteiger partial charge in [0, 0.05) is 11.6 Å². The van der Waals surface area contributed by atoms with E-state index in [-0.39, 0.29) is 33.8 Å². The molecule has 3 rings (SSSR count). The number of benzene rings is 1. The quantitative estimate of drug-likeness (QED) is 0.629. The van der Waals surface area contributed by atoms with Gasteiger partial charge in [-0.05, 0) is 46.0 Å². The maximum atomic E-state index is 13.3. The number of ether oxygens (including phenoxy) is 1. The molecule has 0 fully saturated rings. The van der Waals surface area contributed by atoms with Crippen LogP contribution < -0.4 is 0 Å². The van der Waals surface area contributed by atoms with E-state index in [1.165, 1.54) is 18.2 Å². The number of esters is 1. The van der Waals surface area contributed by atoms with E-state index in [1.54, 1.807) is 25.1 Å². The van der Waals surface area contributed by atoms with Gasteiger partial charge in [-0.15, -0.1) is 0 Å². The van der Waals surface area contributed by atoms with E-state index in [4.69, 9.17) is 4.74 Å². The Labute approximate surface area is 160 Å². The lowest BCUT2D eigenvalue weighted by Crippen LogP contribution is -2.34. The molecule has 0 radical (unpaired) electrons. The molecule has 144 valence electrons. The Bertz CT molecular complexity index is 913. The highest BCUT2D eigenvalue weighted by Gasteiger charge is 2.48. The van der Waals surface area contributed by atoms with Crippen molar-refractivity contribution in [1.29, 1.82) is 0 Å². The minimum atomic E-state index is -4.02. The molecule has 0 saturated carbocycles. The number of allylic oxidation sites excluding steroid dienone is 1. The number of aryl methyl sites for hydroxylation is 1. The van der Waals surface area contributed by atoms with Crippen molar-refractivity contribution in [1.82, 2.24) is 4.90 Å². The zero-order valence-corrected chi connectivity index (χ0v) is 16.6. The van der Waals surface area contributed by atoms with Crippen LogP contribution in [0, 0.1) is 6.92 Å². The van der Waals surface area contributed by atoms with E-state index >= 15 is 0 Å². The van der Waals surface area contributed by atoms with E-state index in [0.717, 1.165) is 5.56 Å². The van der Waals surface area contributed by atoms with E-state index in [9.17, 15) is 18.7 Å². The minimum absolute atomic E-state index is 0.0709. The number of aliphatic hydroxyl groups excluding tert-OH is 1. The molecule has 0 amide bonds. The van der Waals surface area contributed by atoms with Crippen molar-refractivity contribution in [2.45, 2.75) is 37.8 Å². The Hall–Kier alpha value is -2.22. The van der Waals surface area contributed by atoms with Crippen LogP contribution in [0.15, 0.2) is 63.1 Å². The molecule has 1 aromatic rings. The molecule has 0 aromatic heterocycles. The Kier molecular flexibility index (Phi) is 5.12. The monoisotopic (exact) mass is 389 g/mol. The smallest absolute Gasteiger partial charge is 0.336 e. The summed E-state index contributed by atoms with van der Waals surface area (Å²) in [5.41, 5.74) is 1.49. The van der Waals surface area contributed by atoms with E-state index < -0.39 is 22.2 Å². The number of likely N-dealkylation sites (N-methyl/N-ethyl adjacent to an activating group) is 1. The first-order valence-electron chi connectivity index (χ1n) is 8.76. The Morgan fingerprint density at radius 1 is 1.33 bits per heavy atom. The summed E-state index contributed by atoms with van der Waals surface area (Å²) in [6.45, 7) is 5.56. The first kappa shape index (κ1) is 19.5. The van der Waals surface area contributed by atoms with Crippen LogP contribution in [0.3, 0.4) is 0 Å². The molecule has 0 saturated heterocycles. The first-order valence-corrected chi connectivity index (χ1v) is 10.2. The number of sulfone groups is 1. The number of hydrogen-bond acceptors (Lipinski definition) is 6. The summed E-state index contributed by atoms with van der Waals surface area (Å²) in [7, 11) is -2.21. The van der Waals surface area contributed by atoms with Gasteiger partial charge in [-0.2, -0.15) is 0 Å². The molecule has 1 N–H and O–H groups in total. The number of fused-ring (bicyclic) bond motifs is 1. The van der Waals surface area contributed by atoms with Crippen molar-refractivity contribution < 1.29 is 23.4 Å². The van der Waals surface area contributed by atoms with Gasteiger partial charge in [0.2, 0.25) is 4.91 Å². The molecule has 0 bridgehead atoms. The van der Waals surface area contributed by atoms with Crippen molar-refractivity contribution in [3.05, 3.63) is 63.8 Å². The Morgan fingerprint density at radius 3 is 2.56 bits per heavy atom. The van der Waals surface area contributed by atoms with Crippen molar-refractivity contribution in [2.24, 2.45) is 0 Å². The molecular weight excluding hydrogens is 366 g/mol. The largest absolute Gasteiger partial charge is 0.605 e. The van der Waals surface area contributed by atoms with Gasteiger partial charge in [-0.25, -0.2) is 4.79 Å². The average molecular weight is 389 g/mol. The maximum absolute atomic E-state index is 13.3. The van der Waals surface area contributed by atoms with Crippen LogP contribution in [0.2, 0.25) is 0 Å². The molecule has 2 aliphatic rings. The first-order chi connectivity index (χ1) is 12.7. The molecule has 1 aliphatic heterocycles. The zero-order valence-electron chi connectivity index (χ0n) is 15.8. The van der Waals surface area contributed by atoms with Gasteiger partial charge in [-0.1, -0.05) is 28.0 Å². The number of nitrogens with zero attached hydrogens (tertiary/aromatic N) is 1. The van der Waals surface area contributed by atoms with Crippen molar-refractivity contribution in [2.75, 3.05) is 13.7 Å². The van der Waals surface area contributed by atoms with Gasteiger partial charge in [0.25, 0.3) is 0 Å². The normalized spacial score (nSPS) is 24.8. The van der Waals surface area contributed by atoms with Crippen LogP contribution >= 0.6 is 0 Å². The van der Waals surface area contributed by atoms with Gasteiger partial charge in [0.05, 0.1) is 18.2 Å². The van der Waals surface area contributed by atoms with Crippen LogP contribution in [0.4, 0.5) is 0 Å². The van der Waals surface area contributed by atoms with Gasteiger partial charge in [0.15, 0.2) is 10.7 Å². The van der Waals surface area contributed by atoms with Crippen molar-refractivity contribution >= 4 is 16.2 Å². The van der Waals surface area contributed by atoms with Gasteiger partial charge >= 0.3 is 5.97 Å². The minimum Gasteiger partial charge on any atom is -0.605 e. The highest BCUT2D eigenvalue weighted by Crippen LogP contribution is 2.44. The molecule has 1 aliphatic carbocycles. The molecule has 1 aromatic carbocycles. The van der Waals surface area contributed by atoms with Gasteiger partial charge in [0.1, 0.15) is 10.2 Å². The fourth-order valence-electron chi connectivity index (χ4n) is 3.52. The Balaban J connectivity index is 2.23. The number of rotatable bonds is 4. The average Bonchev–Trinajstić information content (AvgIpc) is 2.86. The summed E-state index contributed by atoms with van der Waals surface area (Å²) in [5, 5.41) is 10.5. The third-order valence-corrected chi connectivity index (χ3v) is 6.92. The van der Waals surface area contributed by atoms with Crippen molar-refractivity contribution in [3.8, 4) is 0 Å². The third kappa shape index (κ3) is 3.16. The van der Waals surface area contributed by atoms with E-state index in [2.05, 4.69) is 0 Å². The summed E-state index contributed by atoms with van der Waals surface area (Å²) in [6, 6.07) is 5.64. The molecule has 6 nitrogen and oxygen atoms in total. The topological polar surface area (TPSA) is 89.9 Å². The lowest BCUT2D eigenvalue weighted by Gasteiger charge is -2.27. The van der Waals surface area contributed by atoms with E-state index in [1.807, 2.05) is 25.8 Å². The predicted molar refractivity (Wildman–Crippen MR) is 102 cm³/mol. The SMILES string of the molecule is CCOC(=O)C1=C2C([S+](=O)([O-])c3ccc(C)cc3)=C(O)C=CC2N(C)C1C. The molecule has 3 atom stereocenters. The van der Waals surface area contributed by atoms with Crippen LogP contribution in [-0.2, 0) is 24.0 Å². The second-order valence-electron chi connectivity index (χ2n) is 6.72. The molecule has 3 unspecified atom stereocenters. The Morgan fingerprint density at radius 2 is 1.96 bits per heavy atom. The van der Waals surface area contributed by atoms with Gasteiger partial charge in [-0.3, -0.25) is 4.90 Å². The van der Waals surface area contributed by atoms with Crippen LogP contribution in [0.5, 0.6) is 0 Å². The fourth-order valence-corrected chi connectivity index (χ4v) is 5.12. The molecule has 1 heterocycles. The second kappa shape index (κ2) is 7.07. The second-order valence-corrected chi connectivity index (χ2v) is 8.61. The van der Waals surface area contributed by atoms with Crippen LogP contribution in [0.1, 0.15) is 19.4 Å². The van der Waals surface area contributed by atoms with E-state index in [0.29, 0.717) is 5.57 Å². The lowest BCUT2D eigenvalue weighted by molar-refractivity contribution is -0.139. The summed E-state index contributed by atoms with van der Waals surface area (Å²) >= 11 is 0. The summed E-state index contributed by atoms with van der Waals surface area (Å²) in [4.78, 5) is 14.3. The van der Waals surface area contributed by atoms with Crippen molar-refractivity contribution in [3.63, 3.8) is 0 Å². The highest BCUT2D eigenvalue weighted by molar-refractivity contribution is 8.01. The summed E-state index contributed by atoms with van der Waals surface area (Å²) < 4.78 is 31.8. The van der Waals surface area contributed by atoms with Crippen LogP contribution in [-0.4, -0.2) is 46.3 Å². The number of carbonyl (C=O) groups excluding carboxylic acids is 1. The molecule has 27 heavy (non-hydrogen) atoms. The van der Waals surface area contributed by atoms with Crippen LogP contribution in [0.25, 0.3) is 0 Å². The highest BCUT2D eigenvalue weighted by atomic mass is 32.3. The van der Waals surface area contributed by atoms with Gasteiger partial charge < -0.3 is 14.4 Å². The maximum Gasteiger partial charge on any atom is 0.336 e. The number of hydrogen-bond donors (Lipinski definition) is 1. The fraction of sp³-hybridized carbons (Fsp3) is 0.350. The molecule has 7 heteroatoms. The standard InChI is InChI=1S/C20H23NO5S/c1-5-26-20(23)17-13(3)21(4)15-10-11-16(22)19(18(15)17)27(24,25)14-8-6-12(2)7-9-14/h6-11,13,15H,5H2,1-4H3,(H-,22,23,24,25). The number of carbonyl (C=O) groups is 1. The lowest BCUT2D eigenvalue weighted by atomic mass is 9.98. The molecular formula is C20H23NO5S. The summed E-state index contributed by atoms with van der Waals surface area (Å²) in [6.07, 6.45) is 3.08. The third-order valence-electron chi connectivity index (χ3n) is 5.06. The zero-order chi connectivity index (χ0) is 19.9. The summed E-state index contributed by atoms with van der Waals surface area (Å²) in [5.74, 6) is -0.930.